The van der Waals surface area contributed by atoms with Gasteiger partial charge in [0, 0.05) is 19.0 Å². The minimum atomic E-state index is -0.913. The van der Waals surface area contributed by atoms with E-state index in [1.54, 1.807) is 31.7 Å². The number of nitrogens with zero attached hydrogens (tertiary/aromatic N) is 1. The zero-order valence-electron chi connectivity index (χ0n) is 23.9. The maximum Gasteiger partial charge on any atom is 0.408 e. The molecule has 1 fully saturated rings. The number of hydrogen-bond acceptors (Lipinski definition) is 4. The summed E-state index contributed by atoms with van der Waals surface area (Å²) >= 11 is 0. The van der Waals surface area contributed by atoms with Gasteiger partial charge in [0.2, 0.25) is 11.8 Å². The van der Waals surface area contributed by atoms with Gasteiger partial charge in [0.15, 0.2) is 0 Å². The van der Waals surface area contributed by atoms with Crippen molar-refractivity contribution in [1.82, 2.24) is 15.5 Å². The molecule has 4 atom stereocenters. The van der Waals surface area contributed by atoms with Gasteiger partial charge in [0.1, 0.15) is 17.7 Å². The Balaban J connectivity index is 2.03. The fourth-order valence-electron chi connectivity index (χ4n) is 4.63. The van der Waals surface area contributed by atoms with Crippen molar-refractivity contribution in [3.8, 4) is 0 Å². The normalized spacial score (nSPS) is 17.9. The zero-order chi connectivity index (χ0) is 28.6. The molecular formula is C32H43N3O4. The van der Waals surface area contributed by atoms with Gasteiger partial charge in [0.05, 0.1) is 0 Å². The third kappa shape index (κ3) is 8.70. The summed E-state index contributed by atoms with van der Waals surface area (Å²) in [5, 5.41) is 5.86. The summed E-state index contributed by atoms with van der Waals surface area (Å²) in [6.07, 6.45) is 3.90. The molecule has 0 saturated heterocycles. The molecule has 7 heteroatoms. The lowest BCUT2D eigenvalue weighted by atomic mass is 9.98. The Morgan fingerprint density at radius 2 is 1.82 bits per heavy atom. The molecule has 39 heavy (non-hydrogen) atoms. The molecule has 1 saturated carbocycles. The number of alkyl carbamates (subject to hydrolysis) is 1. The maximum atomic E-state index is 14.4. The summed E-state index contributed by atoms with van der Waals surface area (Å²) in [6, 6.07) is 15.2. The van der Waals surface area contributed by atoms with Gasteiger partial charge < -0.3 is 20.3 Å². The summed E-state index contributed by atoms with van der Waals surface area (Å²) in [4.78, 5) is 42.8. The van der Waals surface area contributed by atoms with E-state index < -0.39 is 23.8 Å². The highest BCUT2D eigenvalue weighted by molar-refractivity contribution is 5.93. The lowest BCUT2D eigenvalue weighted by Gasteiger charge is -2.35. The number of nitrogens with one attached hydrogen (secondary N) is 2. The first-order chi connectivity index (χ1) is 18.5. The van der Waals surface area contributed by atoms with Crippen molar-refractivity contribution in [2.75, 3.05) is 6.54 Å². The van der Waals surface area contributed by atoms with Gasteiger partial charge in [-0.15, -0.1) is 0 Å². The number of ether oxygens (including phenoxy) is 1. The Bertz CT molecular complexity index is 1140. The van der Waals surface area contributed by atoms with Crippen LogP contribution >= 0.6 is 0 Å². The van der Waals surface area contributed by atoms with Gasteiger partial charge in [-0.3, -0.25) is 9.59 Å². The van der Waals surface area contributed by atoms with Gasteiger partial charge in [-0.1, -0.05) is 81.5 Å². The topological polar surface area (TPSA) is 87.7 Å². The second-order valence-electron chi connectivity index (χ2n) is 11.3. The molecule has 4 unspecified atom stereocenters. The van der Waals surface area contributed by atoms with Crippen molar-refractivity contribution >= 4 is 24.0 Å². The maximum absolute atomic E-state index is 14.4. The molecular weight excluding hydrogens is 490 g/mol. The van der Waals surface area contributed by atoms with Gasteiger partial charge >= 0.3 is 6.09 Å². The smallest absolute Gasteiger partial charge is 0.408 e. The van der Waals surface area contributed by atoms with Gasteiger partial charge in [0.25, 0.3) is 0 Å². The highest BCUT2D eigenvalue weighted by Gasteiger charge is 2.48. The van der Waals surface area contributed by atoms with Crippen molar-refractivity contribution < 1.29 is 19.1 Å². The average Bonchev–Trinajstić information content (AvgIpc) is 3.61. The summed E-state index contributed by atoms with van der Waals surface area (Å²) < 4.78 is 5.51. The van der Waals surface area contributed by atoms with Crippen LogP contribution in [0.4, 0.5) is 4.79 Å². The summed E-state index contributed by atoms with van der Waals surface area (Å²) in [5.41, 5.74) is 1.75. The van der Waals surface area contributed by atoms with E-state index in [-0.39, 0.29) is 30.2 Å². The molecule has 7 nitrogen and oxygen atoms in total. The number of rotatable bonds is 12. The minimum absolute atomic E-state index is 0.120. The van der Waals surface area contributed by atoms with E-state index in [9.17, 15) is 14.4 Å². The van der Waals surface area contributed by atoms with Crippen LogP contribution in [0.3, 0.4) is 0 Å². The molecule has 2 N–H and O–H groups in total. The number of amides is 3. The van der Waals surface area contributed by atoms with E-state index in [2.05, 4.69) is 31.1 Å². The molecule has 0 radical (unpaired) electrons. The largest absolute Gasteiger partial charge is 0.444 e. The first kappa shape index (κ1) is 29.9. The van der Waals surface area contributed by atoms with Crippen molar-refractivity contribution in [2.45, 2.75) is 84.0 Å². The molecule has 1 aliphatic rings. The fraction of sp³-hybridized carbons (Fsp3) is 0.469. The van der Waals surface area contributed by atoms with Crippen molar-refractivity contribution in [3.05, 3.63) is 77.9 Å². The average molecular weight is 534 g/mol. The van der Waals surface area contributed by atoms with Crippen LogP contribution in [0.15, 0.2) is 61.2 Å². The molecule has 0 spiro atoms. The van der Waals surface area contributed by atoms with Gasteiger partial charge in [-0.25, -0.2) is 4.79 Å². The van der Waals surface area contributed by atoms with Gasteiger partial charge in [-0.2, -0.15) is 0 Å². The lowest BCUT2D eigenvalue weighted by molar-refractivity contribution is -0.143. The number of carbonyl (C=O) groups excluding carboxylic acids is 3. The van der Waals surface area contributed by atoms with Crippen LogP contribution in [-0.4, -0.2) is 47.0 Å². The number of unbranched alkanes of at least 4 members (excludes halogenated alkanes) is 1. The van der Waals surface area contributed by atoms with E-state index in [1.807, 2.05) is 54.6 Å². The molecule has 1 aliphatic carbocycles. The molecule has 0 heterocycles. The van der Waals surface area contributed by atoms with Crippen LogP contribution in [0.1, 0.15) is 76.6 Å². The van der Waals surface area contributed by atoms with Crippen LogP contribution in [0.2, 0.25) is 0 Å². The van der Waals surface area contributed by atoms with Crippen LogP contribution in [-0.2, 0) is 20.7 Å². The van der Waals surface area contributed by atoms with E-state index in [0.717, 1.165) is 30.4 Å². The first-order valence-electron chi connectivity index (χ1n) is 13.9. The summed E-state index contributed by atoms with van der Waals surface area (Å²) in [5.74, 6) is -0.298. The second-order valence-corrected chi connectivity index (χ2v) is 11.3. The number of hydrogen-bond donors (Lipinski definition) is 2. The molecule has 2 aromatic rings. The monoisotopic (exact) mass is 533 g/mol. The Hall–Kier alpha value is -3.61. The Morgan fingerprint density at radius 3 is 2.41 bits per heavy atom. The predicted molar refractivity (Wildman–Crippen MR) is 155 cm³/mol. The van der Waals surface area contributed by atoms with Crippen LogP contribution in [0.25, 0.3) is 6.08 Å². The Morgan fingerprint density at radius 1 is 1.13 bits per heavy atom. The number of benzene rings is 2. The van der Waals surface area contributed by atoms with Crippen LogP contribution in [0.5, 0.6) is 0 Å². The van der Waals surface area contributed by atoms with Gasteiger partial charge in [-0.05, 0) is 62.3 Å². The SMILES string of the molecule is C=Cc1cccc(C(C(=O)NCCCC)N(C(=O)C(Cc2ccccc2)NC(=O)OC(C)(C)C)C2CC2C)c1. The van der Waals surface area contributed by atoms with E-state index in [1.165, 1.54) is 0 Å². The molecule has 3 rings (SSSR count). The third-order valence-electron chi connectivity index (χ3n) is 6.77. The first-order valence-corrected chi connectivity index (χ1v) is 13.9. The molecule has 2 aromatic carbocycles. The quantitative estimate of drug-likeness (QED) is 0.345. The van der Waals surface area contributed by atoms with Crippen LogP contribution in [0, 0.1) is 5.92 Å². The molecule has 210 valence electrons. The molecule has 0 bridgehead atoms. The number of carbonyl (C=O) groups is 3. The standard InChI is InChI=1S/C32H43N3O4/c1-7-9-18-33-29(36)28(25-17-13-16-23(8-2)20-25)35(27-19-22(27)3)30(37)26(21-24-14-11-10-12-15-24)34-31(38)39-32(4,5)6/h8,10-17,20,22,26-28H,2,7,9,18-19,21H2,1,3-6H3,(H,33,36)(H,34,38). The summed E-state index contributed by atoms with van der Waals surface area (Å²) in [7, 11) is 0. The molecule has 0 aliphatic heterocycles. The van der Waals surface area contributed by atoms with Crippen molar-refractivity contribution in [3.63, 3.8) is 0 Å². The Kier molecular flexibility index (Phi) is 10.3. The Labute approximate surface area is 233 Å². The predicted octanol–water partition coefficient (Wildman–Crippen LogP) is 5.66. The highest BCUT2D eigenvalue weighted by atomic mass is 16.6. The fourth-order valence-corrected chi connectivity index (χ4v) is 4.63. The minimum Gasteiger partial charge on any atom is -0.444 e. The van der Waals surface area contributed by atoms with Crippen molar-refractivity contribution in [2.24, 2.45) is 5.92 Å². The summed E-state index contributed by atoms with van der Waals surface area (Å²) in [6.45, 7) is 13.9. The van der Waals surface area contributed by atoms with Crippen LogP contribution < -0.4 is 10.6 Å². The molecule has 0 aromatic heterocycles. The van der Waals surface area contributed by atoms with E-state index in [4.69, 9.17) is 4.74 Å². The zero-order valence-corrected chi connectivity index (χ0v) is 23.9. The third-order valence-corrected chi connectivity index (χ3v) is 6.77. The second kappa shape index (κ2) is 13.5. The van der Waals surface area contributed by atoms with E-state index >= 15 is 0 Å². The highest BCUT2D eigenvalue weighted by Crippen LogP contribution is 2.41. The van der Waals surface area contributed by atoms with Crippen molar-refractivity contribution in [1.29, 1.82) is 0 Å². The van der Waals surface area contributed by atoms with E-state index in [0.29, 0.717) is 12.1 Å². The molecule has 3 amide bonds. The lowest BCUT2D eigenvalue weighted by Crippen LogP contribution is -2.54.